The van der Waals surface area contributed by atoms with Gasteiger partial charge in [-0.25, -0.2) is 0 Å². The molecule has 0 fully saturated rings. The van der Waals surface area contributed by atoms with Gasteiger partial charge in [0.15, 0.2) is 0 Å². The van der Waals surface area contributed by atoms with Gasteiger partial charge in [0.1, 0.15) is 5.75 Å². The SMILES string of the molecule is COc1ccccc1-c1ccc2[nH]c[c]c2c1. The van der Waals surface area contributed by atoms with Crippen LogP contribution < -0.4 is 4.74 Å². The van der Waals surface area contributed by atoms with Gasteiger partial charge in [-0.15, -0.1) is 0 Å². The van der Waals surface area contributed by atoms with Gasteiger partial charge in [0.05, 0.1) is 7.11 Å². The van der Waals surface area contributed by atoms with Crippen LogP contribution in [0.15, 0.2) is 48.7 Å². The summed E-state index contributed by atoms with van der Waals surface area (Å²) in [5, 5.41) is 1.09. The average molecular weight is 222 g/mol. The third kappa shape index (κ3) is 1.68. The van der Waals surface area contributed by atoms with Gasteiger partial charge in [-0.3, -0.25) is 0 Å². The monoisotopic (exact) mass is 222 g/mol. The van der Waals surface area contributed by atoms with E-state index in [0.717, 1.165) is 27.8 Å². The minimum Gasteiger partial charge on any atom is -0.496 e. The average Bonchev–Trinajstić information content (AvgIpc) is 2.85. The molecular weight excluding hydrogens is 210 g/mol. The van der Waals surface area contributed by atoms with Gasteiger partial charge in [-0.1, -0.05) is 24.3 Å². The van der Waals surface area contributed by atoms with Crippen LogP contribution in [-0.4, -0.2) is 12.1 Å². The summed E-state index contributed by atoms with van der Waals surface area (Å²) < 4.78 is 5.38. The Bertz CT molecular complexity index is 655. The van der Waals surface area contributed by atoms with E-state index < -0.39 is 0 Å². The molecule has 0 unspecified atom stereocenters. The molecule has 1 heterocycles. The van der Waals surface area contributed by atoms with E-state index in [2.05, 4.69) is 35.3 Å². The number of H-pyrrole nitrogens is 1. The van der Waals surface area contributed by atoms with Crippen molar-refractivity contribution in [2.45, 2.75) is 0 Å². The highest BCUT2D eigenvalue weighted by molar-refractivity contribution is 5.85. The van der Waals surface area contributed by atoms with Crippen molar-refractivity contribution < 1.29 is 4.74 Å². The Balaban J connectivity index is 2.19. The normalized spacial score (nSPS) is 10.6. The molecule has 0 amide bonds. The summed E-state index contributed by atoms with van der Waals surface area (Å²) in [6.07, 6.45) is 1.83. The van der Waals surface area contributed by atoms with Crippen LogP contribution in [0.4, 0.5) is 0 Å². The summed E-state index contributed by atoms with van der Waals surface area (Å²) in [7, 11) is 1.69. The highest BCUT2D eigenvalue weighted by atomic mass is 16.5. The Labute approximate surface area is 99.9 Å². The maximum absolute atomic E-state index is 5.38. The Hall–Kier alpha value is -2.22. The number of nitrogens with one attached hydrogen (secondary N) is 1. The molecule has 0 atom stereocenters. The fraction of sp³-hybridized carbons (Fsp3) is 0.0667. The highest BCUT2D eigenvalue weighted by Gasteiger charge is 2.05. The topological polar surface area (TPSA) is 25.0 Å². The molecule has 1 radical (unpaired) electrons. The van der Waals surface area contributed by atoms with Crippen molar-refractivity contribution in [2.24, 2.45) is 0 Å². The summed E-state index contributed by atoms with van der Waals surface area (Å²) in [6.45, 7) is 0. The van der Waals surface area contributed by atoms with Gasteiger partial charge in [0.2, 0.25) is 0 Å². The molecule has 3 aromatic rings. The van der Waals surface area contributed by atoms with E-state index in [-0.39, 0.29) is 0 Å². The predicted octanol–water partition coefficient (Wildman–Crippen LogP) is 3.64. The van der Waals surface area contributed by atoms with Crippen molar-refractivity contribution in [2.75, 3.05) is 7.11 Å². The second-order valence-corrected chi connectivity index (χ2v) is 3.89. The number of ether oxygens (including phenoxy) is 1. The summed E-state index contributed by atoms with van der Waals surface area (Å²) in [5.41, 5.74) is 3.35. The molecule has 0 spiro atoms. The lowest BCUT2D eigenvalue weighted by Gasteiger charge is -2.08. The Morgan fingerprint density at radius 1 is 1.12 bits per heavy atom. The Kier molecular flexibility index (Phi) is 2.33. The van der Waals surface area contributed by atoms with Crippen LogP contribution in [0.25, 0.3) is 22.0 Å². The second kappa shape index (κ2) is 3.98. The first kappa shape index (κ1) is 9.97. The lowest BCUT2D eigenvalue weighted by molar-refractivity contribution is 0.416. The quantitative estimate of drug-likeness (QED) is 0.703. The van der Waals surface area contributed by atoms with Crippen LogP contribution in [0, 0.1) is 6.07 Å². The summed E-state index contributed by atoms with van der Waals surface area (Å²) in [6, 6.07) is 17.5. The zero-order chi connectivity index (χ0) is 11.7. The molecule has 1 N–H and O–H groups in total. The number of hydrogen-bond acceptors (Lipinski definition) is 1. The van der Waals surface area contributed by atoms with E-state index in [9.17, 15) is 0 Å². The number of methoxy groups -OCH3 is 1. The maximum Gasteiger partial charge on any atom is 0.126 e. The first-order chi connectivity index (χ1) is 8.38. The van der Waals surface area contributed by atoms with Crippen molar-refractivity contribution in [3.05, 3.63) is 54.7 Å². The lowest BCUT2D eigenvalue weighted by Crippen LogP contribution is -1.87. The first-order valence-electron chi connectivity index (χ1n) is 5.51. The van der Waals surface area contributed by atoms with E-state index in [1.165, 1.54) is 0 Å². The number of hydrogen-bond donors (Lipinski definition) is 1. The largest absolute Gasteiger partial charge is 0.496 e. The lowest BCUT2D eigenvalue weighted by atomic mass is 10.0. The van der Waals surface area contributed by atoms with Crippen LogP contribution in [0.1, 0.15) is 0 Å². The predicted molar refractivity (Wildman–Crippen MR) is 69.1 cm³/mol. The van der Waals surface area contributed by atoms with Gasteiger partial charge in [-0.05, 0) is 23.8 Å². The minimum atomic E-state index is 0.891. The number of aromatic amines is 1. The molecule has 2 heteroatoms. The molecule has 83 valence electrons. The molecule has 0 saturated heterocycles. The fourth-order valence-corrected chi connectivity index (χ4v) is 2.03. The molecule has 1 aromatic heterocycles. The van der Waals surface area contributed by atoms with Crippen molar-refractivity contribution in [3.63, 3.8) is 0 Å². The van der Waals surface area contributed by atoms with Crippen LogP contribution >= 0.6 is 0 Å². The molecule has 2 aromatic carbocycles. The zero-order valence-electron chi connectivity index (χ0n) is 9.53. The first-order valence-corrected chi connectivity index (χ1v) is 5.51. The molecule has 3 rings (SSSR count). The van der Waals surface area contributed by atoms with Crippen molar-refractivity contribution in [3.8, 4) is 16.9 Å². The summed E-state index contributed by atoms with van der Waals surface area (Å²) in [4.78, 5) is 3.14. The molecule has 17 heavy (non-hydrogen) atoms. The number of aromatic nitrogens is 1. The Morgan fingerprint density at radius 3 is 2.88 bits per heavy atom. The molecule has 0 saturated carbocycles. The molecule has 0 aliphatic heterocycles. The molecule has 0 aliphatic rings. The van der Waals surface area contributed by atoms with Crippen LogP contribution in [0.5, 0.6) is 5.75 Å². The number of benzene rings is 2. The van der Waals surface area contributed by atoms with Gasteiger partial charge in [0.25, 0.3) is 0 Å². The second-order valence-electron chi connectivity index (χ2n) is 3.89. The van der Waals surface area contributed by atoms with E-state index in [1.807, 2.05) is 24.4 Å². The summed E-state index contributed by atoms with van der Waals surface area (Å²) >= 11 is 0. The van der Waals surface area contributed by atoms with Crippen LogP contribution in [0.3, 0.4) is 0 Å². The zero-order valence-corrected chi connectivity index (χ0v) is 9.53. The number of para-hydroxylation sites is 1. The number of rotatable bonds is 2. The van der Waals surface area contributed by atoms with Gasteiger partial charge < -0.3 is 9.72 Å². The molecular formula is C15H12NO. The molecule has 0 aliphatic carbocycles. The standard InChI is InChI=1S/C15H12NO/c1-17-15-5-3-2-4-13(15)11-6-7-14-12(10-11)8-9-16-14/h2-7,9-10,16H,1H3. The van der Waals surface area contributed by atoms with Crippen molar-refractivity contribution in [1.29, 1.82) is 0 Å². The van der Waals surface area contributed by atoms with Gasteiger partial charge in [-0.2, -0.15) is 0 Å². The van der Waals surface area contributed by atoms with E-state index >= 15 is 0 Å². The van der Waals surface area contributed by atoms with Crippen molar-refractivity contribution in [1.82, 2.24) is 4.98 Å². The Morgan fingerprint density at radius 2 is 2.00 bits per heavy atom. The van der Waals surface area contributed by atoms with Crippen LogP contribution in [-0.2, 0) is 0 Å². The summed E-state index contributed by atoms with van der Waals surface area (Å²) in [5.74, 6) is 0.891. The van der Waals surface area contributed by atoms with Gasteiger partial charge in [0, 0.05) is 28.7 Å². The third-order valence-electron chi connectivity index (χ3n) is 2.89. The van der Waals surface area contributed by atoms with E-state index in [4.69, 9.17) is 4.74 Å². The fourth-order valence-electron chi connectivity index (χ4n) is 2.03. The minimum absolute atomic E-state index is 0.891. The van der Waals surface area contributed by atoms with Crippen LogP contribution in [0.2, 0.25) is 0 Å². The number of fused-ring (bicyclic) bond motifs is 1. The van der Waals surface area contributed by atoms with E-state index in [1.54, 1.807) is 7.11 Å². The van der Waals surface area contributed by atoms with Crippen molar-refractivity contribution >= 4 is 10.9 Å². The molecule has 0 bridgehead atoms. The maximum atomic E-state index is 5.38. The highest BCUT2D eigenvalue weighted by Crippen LogP contribution is 2.31. The third-order valence-corrected chi connectivity index (χ3v) is 2.89. The smallest absolute Gasteiger partial charge is 0.126 e. The van der Waals surface area contributed by atoms with E-state index in [0.29, 0.717) is 0 Å². The van der Waals surface area contributed by atoms with Gasteiger partial charge >= 0.3 is 0 Å². The molecule has 2 nitrogen and oxygen atoms in total.